The van der Waals surface area contributed by atoms with Crippen LogP contribution in [0.4, 0.5) is 13.2 Å². The molecule has 0 fully saturated rings. The third kappa shape index (κ3) is 4.69. The molecule has 0 aliphatic rings. The van der Waals surface area contributed by atoms with E-state index in [-0.39, 0.29) is 11.8 Å². The van der Waals surface area contributed by atoms with Gasteiger partial charge in [0.05, 0.1) is 5.56 Å². The second-order valence-corrected chi connectivity index (χ2v) is 6.68. The number of hydrogen-bond donors (Lipinski definition) is 0. The Bertz CT molecular complexity index is 916. The van der Waals surface area contributed by atoms with E-state index >= 15 is 0 Å². The summed E-state index contributed by atoms with van der Waals surface area (Å²) in [6, 6.07) is 11.2. The van der Waals surface area contributed by atoms with Gasteiger partial charge in [0, 0.05) is 0 Å². The first-order valence-corrected chi connectivity index (χ1v) is 8.38. The highest BCUT2D eigenvalue weighted by Crippen LogP contribution is 2.29. The topological polar surface area (TPSA) is 60.4 Å². The fourth-order valence-electron chi connectivity index (χ4n) is 1.97. The minimum absolute atomic E-state index is 0.227. The zero-order chi connectivity index (χ0) is 18.7. The number of aldehydes is 1. The second-order valence-electron chi connectivity index (χ2n) is 5.15. The number of carbonyl (C=O) groups is 1. The summed E-state index contributed by atoms with van der Waals surface area (Å²) in [5, 5.41) is 0. The lowest BCUT2D eigenvalue weighted by atomic mass is 10.1. The van der Waals surface area contributed by atoms with Gasteiger partial charge in [-0.05, 0) is 30.2 Å². The minimum atomic E-state index is -5.83. The van der Waals surface area contributed by atoms with Gasteiger partial charge in [-0.15, -0.1) is 0 Å². The van der Waals surface area contributed by atoms with Gasteiger partial charge in [-0.3, -0.25) is 4.79 Å². The summed E-state index contributed by atoms with van der Waals surface area (Å²) in [6.45, 7) is 1.93. The van der Waals surface area contributed by atoms with Crippen LogP contribution in [0.1, 0.15) is 27.0 Å². The molecule has 0 heterocycles. The van der Waals surface area contributed by atoms with Crippen molar-refractivity contribution in [2.75, 3.05) is 0 Å². The fraction of sp³-hybridized carbons (Fsp3) is 0.118. The van der Waals surface area contributed by atoms with E-state index in [1.54, 1.807) is 12.2 Å². The van der Waals surface area contributed by atoms with E-state index in [2.05, 4.69) is 4.18 Å². The van der Waals surface area contributed by atoms with Crippen molar-refractivity contribution >= 4 is 28.6 Å². The standard InChI is InChI=1S/C17H13F3O4S/c1-12-3-2-4-13(9-12)5-6-14-7-8-16(15(10-14)11-21)24-25(22,23)17(18,19)20/h2-11H,1H3/b6-5+. The lowest BCUT2D eigenvalue weighted by Gasteiger charge is -2.11. The molecule has 0 aliphatic heterocycles. The molecule has 0 saturated carbocycles. The molecular weight excluding hydrogens is 357 g/mol. The van der Waals surface area contributed by atoms with E-state index in [1.807, 2.05) is 31.2 Å². The van der Waals surface area contributed by atoms with E-state index in [1.165, 1.54) is 12.1 Å². The van der Waals surface area contributed by atoms with Crippen LogP contribution in [-0.4, -0.2) is 20.2 Å². The lowest BCUT2D eigenvalue weighted by Crippen LogP contribution is -2.28. The Morgan fingerprint density at radius 3 is 2.20 bits per heavy atom. The van der Waals surface area contributed by atoms with Crippen LogP contribution in [0.15, 0.2) is 42.5 Å². The summed E-state index contributed by atoms with van der Waals surface area (Å²) in [5.41, 5.74) is -3.43. The number of hydrogen-bond acceptors (Lipinski definition) is 4. The van der Waals surface area contributed by atoms with Gasteiger partial charge in [0.15, 0.2) is 12.0 Å². The highest BCUT2D eigenvalue weighted by Gasteiger charge is 2.48. The average Bonchev–Trinajstić information content (AvgIpc) is 2.52. The molecule has 0 unspecified atom stereocenters. The number of alkyl halides is 3. The van der Waals surface area contributed by atoms with Crippen LogP contribution >= 0.6 is 0 Å². The Balaban J connectivity index is 2.29. The first-order valence-electron chi connectivity index (χ1n) is 6.97. The fourth-order valence-corrected chi connectivity index (χ4v) is 2.45. The van der Waals surface area contributed by atoms with Crippen molar-refractivity contribution in [3.63, 3.8) is 0 Å². The SMILES string of the molecule is Cc1cccc(/C=C/c2ccc(OS(=O)(=O)C(F)(F)F)c(C=O)c2)c1. The van der Waals surface area contributed by atoms with Crippen LogP contribution < -0.4 is 4.18 Å². The van der Waals surface area contributed by atoms with Crippen LogP contribution in [-0.2, 0) is 10.1 Å². The molecule has 2 aromatic rings. The highest BCUT2D eigenvalue weighted by molar-refractivity contribution is 7.88. The number of benzene rings is 2. The summed E-state index contributed by atoms with van der Waals surface area (Å²) in [4.78, 5) is 11.1. The van der Waals surface area contributed by atoms with Crippen LogP contribution in [0.25, 0.3) is 12.2 Å². The van der Waals surface area contributed by atoms with Crippen LogP contribution in [0.3, 0.4) is 0 Å². The number of rotatable bonds is 5. The zero-order valence-electron chi connectivity index (χ0n) is 12.9. The maximum atomic E-state index is 12.4. The summed E-state index contributed by atoms with van der Waals surface area (Å²) in [5.74, 6) is -0.681. The van der Waals surface area contributed by atoms with E-state index in [9.17, 15) is 26.4 Å². The molecule has 0 amide bonds. The molecular formula is C17H13F3O4S. The van der Waals surface area contributed by atoms with Gasteiger partial charge in [0.2, 0.25) is 0 Å². The number of halogens is 3. The highest BCUT2D eigenvalue weighted by atomic mass is 32.2. The summed E-state index contributed by atoms with van der Waals surface area (Å²) in [7, 11) is -5.83. The van der Waals surface area contributed by atoms with E-state index in [0.717, 1.165) is 17.2 Å². The van der Waals surface area contributed by atoms with Gasteiger partial charge in [-0.1, -0.05) is 48.0 Å². The van der Waals surface area contributed by atoms with E-state index in [0.29, 0.717) is 5.56 Å². The summed E-state index contributed by atoms with van der Waals surface area (Å²) in [6.07, 6.45) is 3.62. The number of aryl methyl sites for hydroxylation is 1. The second kappa shape index (κ2) is 7.10. The molecule has 0 aromatic heterocycles. The lowest BCUT2D eigenvalue weighted by molar-refractivity contribution is -0.0500. The third-order valence-corrected chi connectivity index (χ3v) is 4.12. The van der Waals surface area contributed by atoms with Gasteiger partial charge in [0.1, 0.15) is 0 Å². The Hall–Kier alpha value is -2.61. The van der Waals surface area contributed by atoms with Crippen molar-refractivity contribution in [3.8, 4) is 5.75 Å². The predicted molar refractivity (Wildman–Crippen MR) is 87.5 cm³/mol. The van der Waals surface area contributed by atoms with E-state index < -0.39 is 21.4 Å². The van der Waals surface area contributed by atoms with Crippen LogP contribution in [0, 0.1) is 6.92 Å². The normalized spacial score (nSPS) is 12.3. The van der Waals surface area contributed by atoms with Crippen LogP contribution in [0.2, 0.25) is 0 Å². The van der Waals surface area contributed by atoms with Gasteiger partial charge in [-0.25, -0.2) is 0 Å². The van der Waals surface area contributed by atoms with Crippen molar-refractivity contribution in [2.45, 2.75) is 12.4 Å². The van der Waals surface area contributed by atoms with Crippen molar-refractivity contribution in [1.29, 1.82) is 0 Å². The smallest absolute Gasteiger partial charge is 0.375 e. The third-order valence-electron chi connectivity index (χ3n) is 3.15. The van der Waals surface area contributed by atoms with Crippen LogP contribution in [0.5, 0.6) is 5.75 Å². The monoisotopic (exact) mass is 370 g/mol. The van der Waals surface area contributed by atoms with Crippen molar-refractivity contribution in [2.24, 2.45) is 0 Å². The van der Waals surface area contributed by atoms with Gasteiger partial charge in [0.25, 0.3) is 0 Å². The molecule has 0 saturated heterocycles. The quantitative estimate of drug-likeness (QED) is 0.342. The average molecular weight is 370 g/mol. The molecule has 0 N–H and O–H groups in total. The first kappa shape index (κ1) is 18.7. The maximum Gasteiger partial charge on any atom is 0.534 e. The Labute approximate surface area is 142 Å². The molecule has 0 radical (unpaired) electrons. The van der Waals surface area contributed by atoms with E-state index in [4.69, 9.17) is 0 Å². The van der Waals surface area contributed by atoms with Gasteiger partial charge >= 0.3 is 15.6 Å². The first-order chi connectivity index (χ1) is 11.6. The molecule has 132 valence electrons. The van der Waals surface area contributed by atoms with Crippen molar-refractivity contribution in [3.05, 3.63) is 64.7 Å². The maximum absolute atomic E-state index is 12.4. The Morgan fingerprint density at radius 2 is 1.64 bits per heavy atom. The Morgan fingerprint density at radius 1 is 1.00 bits per heavy atom. The number of carbonyl (C=O) groups excluding carboxylic acids is 1. The minimum Gasteiger partial charge on any atom is -0.375 e. The Kier molecular flexibility index (Phi) is 5.32. The molecule has 4 nitrogen and oxygen atoms in total. The zero-order valence-corrected chi connectivity index (χ0v) is 13.8. The largest absolute Gasteiger partial charge is 0.534 e. The van der Waals surface area contributed by atoms with Crippen molar-refractivity contribution in [1.82, 2.24) is 0 Å². The van der Waals surface area contributed by atoms with Gasteiger partial charge < -0.3 is 4.18 Å². The van der Waals surface area contributed by atoms with Crippen molar-refractivity contribution < 1.29 is 30.6 Å². The summed E-state index contributed by atoms with van der Waals surface area (Å²) >= 11 is 0. The predicted octanol–water partition coefficient (Wildman–Crippen LogP) is 4.21. The molecule has 8 heteroatoms. The molecule has 25 heavy (non-hydrogen) atoms. The molecule has 0 spiro atoms. The molecule has 2 rings (SSSR count). The van der Waals surface area contributed by atoms with Gasteiger partial charge in [-0.2, -0.15) is 21.6 Å². The molecule has 2 aromatic carbocycles. The summed E-state index contributed by atoms with van der Waals surface area (Å²) < 4.78 is 63.2. The molecule has 0 aliphatic carbocycles. The molecule has 0 bridgehead atoms. The molecule has 0 atom stereocenters.